The summed E-state index contributed by atoms with van der Waals surface area (Å²) in [5, 5.41) is 8.97. The predicted molar refractivity (Wildman–Crippen MR) is 145 cm³/mol. The summed E-state index contributed by atoms with van der Waals surface area (Å²) in [5.74, 6) is -2.33. The zero-order chi connectivity index (χ0) is 28.7. The van der Waals surface area contributed by atoms with Crippen LogP contribution in [0.5, 0.6) is 0 Å². The van der Waals surface area contributed by atoms with Crippen LogP contribution in [0, 0.1) is 0 Å². The summed E-state index contributed by atoms with van der Waals surface area (Å²) in [5.41, 5.74) is 9.06. The average Bonchev–Trinajstić information content (AvgIpc) is 2.83. The highest BCUT2D eigenvalue weighted by molar-refractivity contribution is 6.28. The number of aliphatic carboxylic acids is 1. The summed E-state index contributed by atoms with van der Waals surface area (Å²) in [4.78, 5) is 40.1. The molecule has 1 aliphatic rings. The molecule has 0 fully saturated rings. The Labute approximate surface area is 219 Å². The molecule has 8 nitrogen and oxygen atoms in total. The number of aldehydes is 1. The highest BCUT2D eigenvalue weighted by Gasteiger charge is 2.32. The molecule has 0 radical (unpaired) electrons. The third kappa shape index (κ3) is 11.3. The van der Waals surface area contributed by atoms with Crippen LogP contribution >= 0.6 is 0 Å². The summed E-state index contributed by atoms with van der Waals surface area (Å²) in [6, 6.07) is -1.32. The van der Waals surface area contributed by atoms with Gasteiger partial charge in [-0.1, -0.05) is 51.2 Å². The Balaban J connectivity index is 0.00000109. The van der Waals surface area contributed by atoms with E-state index in [4.69, 9.17) is 15.6 Å². The molecule has 0 spiro atoms. The van der Waals surface area contributed by atoms with Gasteiger partial charge in [0.25, 0.3) is 0 Å². The zero-order valence-corrected chi connectivity index (χ0v) is 22.7. The monoisotopic (exact) mass is 517 g/mol. The van der Waals surface area contributed by atoms with Gasteiger partial charge in [0.15, 0.2) is 12.9 Å². The van der Waals surface area contributed by atoms with Gasteiger partial charge in [0.05, 0.1) is 11.7 Å². The molecule has 1 heterocycles. The summed E-state index contributed by atoms with van der Waals surface area (Å²) < 4.78 is 17.4. The molecule has 204 valence electrons. The molecule has 3 N–H and O–H groups in total. The minimum Gasteiger partial charge on any atom is -0.479 e. The summed E-state index contributed by atoms with van der Waals surface area (Å²) in [6.45, 7) is 18.0. The number of rotatable bonds is 12. The van der Waals surface area contributed by atoms with Crippen molar-refractivity contribution in [2.24, 2.45) is 10.7 Å². The summed E-state index contributed by atoms with van der Waals surface area (Å²) in [7, 11) is 0. The molecule has 0 saturated heterocycles. The average molecular weight is 518 g/mol. The van der Waals surface area contributed by atoms with E-state index in [1.165, 1.54) is 6.08 Å². The molecule has 1 aliphatic heterocycles. The number of carbonyl (C=O) groups excluding carboxylic acids is 2. The number of ether oxygens (including phenoxy) is 1. The van der Waals surface area contributed by atoms with Crippen LogP contribution in [0.2, 0.25) is 0 Å². The molecule has 37 heavy (non-hydrogen) atoms. The largest absolute Gasteiger partial charge is 0.479 e. The lowest BCUT2D eigenvalue weighted by Gasteiger charge is -2.34. The molecule has 0 aromatic carbocycles. The van der Waals surface area contributed by atoms with Gasteiger partial charge >= 0.3 is 5.97 Å². The van der Waals surface area contributed by atoms with Gasteiger partial charge in [-0.25, -0.2) is 14.2 Å². The first-order chi connectivity index (χ1) is 17.3. The van der Waals surface area contributed by atoms with Crippen molar-refractivity contribution in [3.05, 3.63) is 71.5 Å². The second kappa shape index (κ2) is 17.0. The van der Waals surface area contributed by atoms with Crippen molar-refractivity contribution in [2.45, 2.75) is 72.9 Å². The normalized spacial score (nSPS) is 15.8. The fraction of sp³-hybridized carbons (Fsp3) is 0.429. The van der Waals surface area contributed by atoms with E-state index in [0.717, 1.165) is 18.4 Å². The smallest absolute Gasteiger partial charge is 0.341 e. The number of allylic oxidation sites excluding steroid dienone is 6. The molecular formula is C28H40FN3O5. The number of carboxylic acids is 1. The van der Waals surface area contributed by atoms with Gasteiger partial charge in [-0.3, -0.25) is 9.59 Å². The van der Waals surface area contributed by atoms with E-state index in [9.17, 15) is 18.8 Å². The van der Waals surface area contributed by atoms with Crippen molar-refractivity contribution in [2.75, 3.05) is 6.61 Å². The van der Waals surface area contributed by atoms with Crippen molar-refractivity contribution in [1.29, 1.82) is 0 Å². The van der Waals surface area contributed by atoms with Crippen LogP contribution < -0.4 is 5.73 Å². The Kier molecular flexibility index (Phi) is 15.3. The number of aliphatic imine (C=N–C) groups is 1. The Bertz CT molecular complexity index is 1020. The standard InChI is InChI=1S/C19H27N3O5.C9H13F/c1-6-7-12(4)16(17(20)14(24)9-23)18-19(27-10-15(25)26)21-13(5)8-22(18)11(2)3;1-4-9(5-2)7-6-8(3)10/h8-9,11,17H,4,6-7,10,20H2,1-3,5H3,(H,25,26);4,6-7H,3,5H2,1-2H3/b18-16+;7-6-,9-4-. The minimum absolute atomic E-state index is 0.0347. The molecule has 1 rings (SSSR count). The fourth-order valence-corrected chi connectivity index (χ4v) is 3.31. The molecule has 0 bridgehead atoms. The van der Waals surface area contributed by atoms with Crippen LogP contribution in [0.3, 0.4) is 0 Å². The lowest BCUT2D eigenvalue weighted by Crippen LogP contribution is -2.41. The van der Waals surface area contributed by atoms with Crippen molar-refractivity contribution in [3.8, 4) is 0 Å². The topological polar surface area (TPSA) is 122 Å². The van der Waals surface area contributed by atoms with Gasteiger partial charge in [-0.05, 0) is 52.2 Å². The first-order valence-corrected chi connectivity index (χ1v) is 12.1. The Hall–Kier alpha value is -3.59. The molecule has 1 atom stereocenters. The van der Waals surface area contributed by atoms with Crippen molar-refractivity contribution < 1.29 is 28.6 Å². The number of carbonyl (C=O) groups is 3. The van der Waals surface area contributed by atoms with Gasteiger partial charge in [0.2, 0.25) is 11.7 Å². The number of Topliss-reactive ketones (excluding diaryl/α,β-unsaturated/α-hetero) is 1. The number of ketones is 1. The Morgan fingerprint density at radius 2 is 1.89 bits per heavy atom. The highest BCUT2D eigenvalue weighted by atomic mass is 19.1. The van der Waals surface area contributed by atoms with Gasteiger partial charge in [-0.15, -0.1) is 0 Å². The van der Waals surface area contributed by atoms with Crippen LogP contribution in [0.1, 0.15) is 60.8 Å². The first kappa shape index (κ1) is 33.4. The summed E-state index contributed by atoms with van der Waals surface area (Å²) >= 11 is 0. The van der Waals surface area contributed by atoms with E-state index >= 15 is 0 Å². The number of carboxylic acid groups (broad SMARTS) is 1. The first-order valence-electron chi connectivity index (χ1n) is 12.1. The lowest BCUT2D eigenvalue weighted by molar-refractivity contribution is -0.139. The van der Waals surface area contributed by atoms with E-state index in [1.54, 1.807) is 24.1 Å². The van der Waals surface area contributed by atoms with Crippen LogP contribution in [-0.4, -0.2) is 52.6 Å². The third-order valence-corrected chi connectivity index (χ3v) is 5.13. The number of hydrogen-bond acceptors (Lipinski definition) is 7. The molecule has 0 aromatic heterocycles. The second-order valence-electron chi connectivity index (χ2n) is 8.48. The van der Waals surface area contributed by atoms with Gasteiger partial charge in [-0.2, -0.15) is 0 Å². The van der Waals surface area contributed by atoms with Crippen LogP contribution in [-0.2, 0) is 19.1 Å². The Morgan fingerprint density at radius 1 is 1.27 bits per heavy atom. The van der Waals surface area contributed by atoms with Crippen molar-refractivity contribution >= 4 is 23.9 Å². The number of halogens is 1. The van der Waals surface area contributed by atoms with Gasteiger partial charge in [0.1, 0.15) is 11.5 Å². The van der Waals surface area contributed by atoms with E-state index in [0.29, 0.717) is 29.0 Å². The van der Waals surface area contributed by atoms with Crippen LogP contribution in [0.25, 0.3) is 0 Å². The highest BCUT2D eigenvalue weighted by Crippen LogP contribution is 2.30. The molecule has 0 aliphatic carbocycles. The molecule has 9 heteroatoms. The number of nitrogens with zero attached hydrogens (tertiary/aromatic N) is 2. The third-order valence-electron chi connectivity index (χ3n) is 5.13. The van der Waals surface area contributed by atoms with E-state index in [-0.39, 0.29) is 18.2 Å². The maximum Gasteiger partial charge on any atom is 0.341 e. The van der Waals surface area contributed by atoms with Gasteiger partial charge in [0, 0.05) is 17.8 Å². The second-order valence-corrected chi connectivity index (χ2v) is 8.48. The van der Waals surface area contributed by atoms with E-state index in [2.05, 4.69) is 18.2 Å². The fourth-order valence-electron chi connectivity index (χ4n) is 3.31. The van der Waals surface area contributed by atoms with Crippen LogP contribution in [0.15, 0.2) is 76.5 Å². The van der Waals surface area contributed by atoms with E-state index in [1.807, 2.05) is 40.7 Å². The van der Waals surface area contributed by atoms with Crippen molar-refractivity contribution in [1.82, 2.24) is 4.90 Å². The molecular weight excluding hydrogens is 477 g/mol. The predicted octanol–water partition coefficient (Wildman–Crippen LogP) is 5.16. The summed E-state index contributed by atoms with van der Waals surface area (Å²) in [6.07, 6.45) is 9.21. The maximum atomic E-state index is 12.0. The SMILES string of the molecule is C=C(CCC)/C(=C1/C(OCC(=O)O)=NC(C)=CN1C(C)C)C(N)C(=O)C=O.C=C(F)/C=C\C(=C/C)CC. The quantitative estimate of drug-likeness (QED) is 0.208. The zero-order valence-electron chi connectivity index (χ0n) is 22.7. The maximum absolute atomic E-state index is 12.0. The van der Waals surface area contributed by atoms with Crippen LogP contribution in [0.4, 0.5) is 4.39 Å². The molecule has 0 aromatic rings. The Morgan fingerprint density at radius 3 is 2.32 bits per heavy atom. The molecule has 0 amide bonds. The number of hydrogen-bond donors (Lipinski definition) is 2. The minimum atomic E-state index is -1.25. The molecule has 0 saturated carbocycles. The number of nitrogens with two attached hydrogens (primary N) is 1. The van der Waals surface area contributed by atoms with Gasteiger partial charge < -0.3 is 20.5 Å². The molecule has 1 unspecified atom stereocenters. The van der Waals surface area contributed by atoms with Crippen molar-refractivity contribution in [3.63, 3.8) is 0 Å². The van der Waals surface area contributed by atoms with E-state index < -0.39 is 30.2 Å². The lowest BCUT2D eigenvalue weighted by atomic mass is 9.91.